The molecule has 0 bridgehead atoms. The van der Waals surface area contributed by atoms with Crippen molar-refractivity contribution in [1.29, 1.82) is 0 Å². The van der Waals surface area contributed by atoms with E-state index in [-0.39, 0.29) is 11.9 Å². The van der Waals surface area contributed by atoms with Gasteiger partial charge in [-0.2, -0.15) is 0 Å². The molecule has 2 aromatic carbocycles. The average molecular weight is 586 g/mol. The maximum Gasteiger partial charge on any atom is 0.338 e. The first-order chi connectivity index (χ1) is 20.7. The number of benzene rings is 2. The number of rotatable bonds is 10. The molecule has 43 heavy (non-hydrogen) atoms. The molecule has 0 spiro atoms. The molecule has 2 N–H and O–H groups in total. The zero-order valence-electron chi connectivity index (χ0n) is 26.5. The number of methoxy groups -OCH3 is 1. The van der Waals surface area contributed by atoms with E-state index in [0.29, 0.717) is 30.1 Å². The Morgan fingerprint density at radius 1 is 0.977 bits per heavy atom. The molecule has 1 saturated carbocycles. The molecule has 2 aliphatic rings. The Labute approximate surface area is 256 Å². The van der Waals surface area contributed by atoms with E-state index in [9.17, 15) is 9.59 Å². The fourth-order valence-corrected chi connectivity index (χ4v) is 6.56. The molecule has 5 rings (SSSR count). The van der Waals surface area contributed by atoms with Crippen LogP contribution < -0.4 is 15.4 Å². The third-order valence-electron chi connectivity index (χ3n) is 8.60. The topological polar surface area (TPSA) is 81.6 Å². The van der Waals surface area contributed by atoms with Crippen LogP contribution >= 0.6 is 0 Å². The van der Waals surface area contributed by atoms with Gasteiger partial charge in [0, 0.05) is 28.6 Å². The number of nitrogens with zero attached hydrogens (tertiary/aromatic N) is 1. The Balaban J connectivity index is 1.63. The van der Waals surface area contributed by atoms with Crippen LogP contribution in [0.25, 0.3) is 28.2 Å². The van der Waals surface area contributed by atoms with E-state index in [1.807, 2.05) is 58.2 Å². The van der Waals surface area contributed by atoms with Crippen LogP contribution in [0.1, 0.15) is 99.5 Å². The van der Waals surface area contributed by atoms with Crippen LogP contribution in [0.4, 0.5) is 0 Å². The monoisotopic (exact) mass is 585 g/mol. The van der Waals surface area contributed by atoms with Gasteiger partial charge >= 0.3 is 5.97 Å². The fourth-order valence-electron chi connectivity index (χ4n) is 6.56. The van der Waals surface area contributed by atoms with Crippen molar-refractivity contribution in [2.45, 2.75) is 90.2 Å². The van der Waals surface area contributed by atoms with Gasteiger partial charge in [0.2, 0.25) is 5.91 Å². The summed E-state index contributed by atoms with van der Waals surface area (Å²) in [5, 5.41) is 7.51. The molecular weight excluding hydrogens is 538 g/mol. The molecule has 1 aromatic heterocycles. The van der Waals surface area contributed by atoms with Crippen molar-refractivity contribution in [3.8, 4) is 17.0 Å². The first kappa shape index (κ1) is 30.9. The van der Waals surface area contributed by atoms with Crippen molar-refractivity contribution >= 4 is 28.9 Å². The highest BCUT2D eigenvalue weighted by atomic mass is 16.6. The number of carbonyl (C=O) groups is 2. The van der Waals surface area contributed by atoms with Crippen molar-refractivity contribution in [3.05, 3.63) is 58.7 Å². The summed E-state index contributed by atoms with van der Waals surface area (Å²) in [5.41, 5.74) is 6.13. The van der Waals surface area contributed by atoms with Crippen LogP contribution in [0.15, 0.2) is 42.0 Å². The third kappa shape index (κ3) is 6.98. The van der Waals surface area contributed by atoms with E-state index < -0.39 is 5.60 Å². The van der Waals surface area contributed by atoms with Crippen molar-refractivity contribution in [2.24, 2.45) is 0 Å². The number of ether oxygens (including phenoxy) is 2. The second kappa shape index (κ2) is 13.4. The number of esters is 1. The van der Waals surface area contributed by atoms with E-state index in [1.165, 1.54) is 24.8 Å². The maximum atomic E-state index is 13.7. The molecule has 0 unspecified atom stereocenters. The van der Waals surface area contributed by atoms with Gasteiger partial charge in [-0.15, -0.1) is 0 Å². The predicted molar refractivity (Wildman–Crippen MR) is 174 cm³/mol. The average Bonchev–Trinajstić information content (AvgIpc) is 3.20. The van der Waals surface area contributed by atoms with Gasteiger partial charge in [0.25, 0.3) is 0 Å². The van der Waals surface area contributed by atoms with Crippen molar-refractivity contribution in [2.75, 3.05) is 27.2 Å². The second-order valence-corrected chi connectivity index (χ2v) is 13.0. The summed E-state index contributed by atoms with van der Waals surface area (Å²) in [4.78, 5) is 26.9. The summed E-state index contributed by atoms with van der Waals surface area (Å²) in [6, 6.07) is 12.1. The number of amides is 1. The second-order valence-electron chi connectivity index (χ2n) is 13.0. The van der Waals surface area contributed by atoms with Crippen LogP contribution in [0.2, 0.25) is 0 Å². The Hall–Kier alpha value is -3.58. The molecule has 1 amide bonds. The SMILES string of the molecule is CNCCCCCNC(=O)C1=Cc2cc(OC)ccc2-c2c(C3CCCCC3)c3ccc(C(=O)OC(C)(C)C)cc3n2C1. The van der Waals surface area contributed by atoms with Crippen LogP contribution in [0.5, 0.6) is 5.75 Å². The maximum absolute atomic E-state index is 13.7. The largest absolute Gasteiger partial charge is 0.497 e. The lowest BCUT2D eigenvalue weighted by Crippen LogP contribution is -2.27. The molecule has 7 nitrogen and oxygen atoms in total. The van der Waals surface area contributed by atoms with E-state index >= 15 is 0 Å². The lowest BCUT2D eigenvalue weighted by Gasteiger charge is -2.24. The molecule has 7 heteroatoms. The Kier molecular flexibility index (Phi) is 9.60. The molecule has 0 saturated heterocycles. The van der Waals surface area contributed by atoms with E-state index in [0.717, 1.165) is 72.1 Å². The molecule has 0 radical (unpaired) electrons. The Bertz CT molecular complexity index is 1500. The van der Waals surface area contributed by atoms with Gasteiger partial charge in [-0.1, -0.05) is 31.7 Å². The van der Waals surface area contributed by atoms with Crippen molar-refractivity contribution in [3.63, 3.8) is 0 Å². The van der Waals surface area contributed by atoms with E-state index in [2.05, 4.69) is 27.3 Å². The number of nitrogens with one attached hydrogen (secondary N) is 2. The highest BCUT2D eigenvalue weighted by Gasteiger charge is 2.31. The van der Waals surface area contributed by atoms with E-state index in [1.54, 1.807) is 7.11 Å². The highest BCUT2D eigenvalue weighted by Crippen LogP contribution is 2.47. The minimum atomic E-state index is -0.589. The number of hydrogen-bond acceptors (Lipinski definition) is 5. The van der Waals surface area contributed by atoms with Gasteiger partial charge in [-0.3, -0.25) is 4.79 Å². The van der Waals surface area contributed by atoms with Crippen LogP contribution in [-0.4, -0.2) is 49.3 Å². The van der Waals surface area contributed by atoms with Crippen LogP contribution in [-0.2, 0) is 16.1 Å². The first-order valence-electron chi connectivity index (χ1n) is 15.9. The summed E-state index contributed by atoms with van der Waals surface area (Å²) in [5.74, 6) is 0.785. The number of unbranched alkanes of at least 4 members (excludes halogenated alkanes) is 2. The van der Waals surface area contributed by atoms with Gasteiger partial charge in [0.1, 0.15) is 11.4 Å². The van der Waals surface area contributed by atoms with E-state index in [4.69, 9.17) is 9.47 Å². The standard InChI is InChI=1S/C36H47N3O4/c1-36(2,3)43-35(41)25-14-16-30-31(22-25)39-23-27(34(40)38-19-11-7-10-18-37-4)20-26-21-28(42-5)15-17-29(26)33(39)32(30)24-12-8-6-9-13-24/h14-17,20-22,24,37H,6-13,18-19,23H2,1-5H3,(H,38,40). The van der Waals surface area contributed by atoms with Gasteiger partial charge in [0.15, 0.2) is 0 Å². The zero-order chi connectivity index (χ0) is 30.6. The summed E-state index contributed by atoms with van der Waals surface area (Å²) in [6.07, 6.45) is 11.1. The molecule has 3 aromatic rings. The molecule has 1 aliphatic carbocycles. The Morgan fingerprint density at radius 2 is 1.74 bits per heavy atom. The van der Waals surface area contributed by atoms with Crippen LogP contribution in [0.3, 0.4) is 0 Å². The van der Waals surface area contributed by atoms with Gasteiger partial charge in [-0.25, -0.2) is 4.79 Å². The van der Waals surface area contributed by atoms with Gasteiger partial charge in [0.05, 0.1) is 24.9 Å². The quantitative estimate of drug-likeness (QED) is 0.194. The fraction of sp³-hybridized carbons (Fsp3) is 0.500. The molecule has 2 heterocycles. The normalized spacial score (nSPS) is 15.3. The molecule has 0 atom stereocenters. The van der Waals surface area contributed by atoms with Crippen molar-refractivity contribution < 1.29 is 19.1 Å². The predicted octanol–water partition coefficient (Wildman–Crippen LogP) is 7.22. The lowest BCUT2D eigenvalue weighted by molar-refractivity contribution is -0.117. The molecule has 230 valence electrons. The zero-order valence-corrected chi connectivity index (χ0v) is 26.5. The van der Waals surface area contributed by atoms with Gasteiger partial charge in [-0.05, 0) is 113 Å². The summed E-state index contributed by atoms with van der Waals surface area (Å²) in [7, 11) is 3.63. The summed E-state index contributed by atoms with van der Waals surface area (Å²) >= 11 is 0. The smallest absolute Gasteiger partial charge is 0.338 e. The van der Waals surface area contributed by atoms with Gasteiger partial charge < -0.3 is 24.7 Å². The number of fused-ring (bicyclic) bond motifs is 5. The molecule has 1 aliphatic heterocycles. The lowest BCUT2D eigenvalue weighted by atomic mass is 9.81. The first-order valence-corrected chi connectivity index (χ1v) is 15.9. The molecular formula is C36H47N3O4. The number of carbonyl (C=O) groups excluding carboxylic acids is 2. The summed E-state index contributed by atoms with van der Waals surface area (Å²) in [6.45, 7) is 7.69. The number of aromatic nitrogens is 1. The highest BCUT2D eigenvalue weighted by molar-refractivity contribution is 6.03. The van der Waals surface area contributed by atoms with Crippen LogP contribution in [0, 0.1) is 0 Å². The number of hydrogen-bond donors (Lipinski definition) is 2. The Morgan fingerprint density at radius 3 is 2.47 bits per heavy atom. The minimum Gasteiger partial charge on any atom is -0.497 e. The minimum absolute atomic E-state index is 0.0559. The van der Waals surface area contributed by atoms with Crippen molar-refractivity contribution in [1.82, 2.24) is 15.2 Å². The third-order valence-corrected chi connectivity index (χ3v) is 8.60. The summed E-state index contributed by atoms with van der Waals surface area (Å²) < 4.78 is 13.6. The molecule has 1 fully saturated rings.